The van der Waals surface area contributed by atoms with E-state index in [9.17, 15) is 4.79 Å². The van der Waals surface area contributed by atoms with Gasteiger partial charge < -0.3 is 25.7 Å². The quantitative estimate of drug-likeness (QED) is 0.119. The Balaban J connectivity index is 1.03. The third-order valence-corrected chi connectivity index (χ3v) is 7.11. The van der Waals surface area contributed by atoms with Gasteiger partial charge in [-0.3, -0.25) is 4.98 Å². The van der Waals surface area contributed by atoms with Crippen molar-refractivity contribution in [1.82, 2.24) is 20.6 Å². The molecule has 5 rings (SSSR count). The largest absolute Gasteiger partial charge is 0.445 e. The van der Waals surface area contributed by atoms with Crippen LogP contribution in [-0.2, 0) is 24.2 Å². The first-order valence-electron chi connectivity index (χ1n) is 14.2. The summed E-state index contributed by atoms with van der Waals surface area (Å²) in [6, 6.07) is 30.8. The number of carbonyl (C=O) groups is 1. The molecule has 1 unspecified atom stereocenters. The van der Waals surface area contributed by atoms with Crippen LogP contribution in [0.3, 0.4) is 0 Å². The van der Waals surface area contributed by atoms with Gasteiger partial charge in [-0.1, -0.05) is 60.7 Å². The maximum absolute atomic E-state index is 11.9. The molecule has 4 N–H and O–H groups in total. The van der Waals surface area contributed by atoms with Crippen molar-refractivity contribution in [3.63, 3.8) is 0 Å². The molecule has 1 atom stereocenters. The number of aromatic amines is 1. The molecule has 0 aliphatic carbocycles. The number of rotatable bonds is 13. The molecule has 0 aliphatic heterocycles. The Morgan fingerprint density at radius 3 is 2.54 bits per heavy atom. The van der Waals surface area contributed by atoms with Crippen molar-refractivity contribution < 1.29 is 9.53 Å². The smallest absolute Gasteiger partial charge is 0.407 e. The van der Waals surface area contributed by atoms with Gasteiger partial charge in [-0.2, -0.15) is 0 Å². The van der Waals surface area contributed by atoms with E-state index in [2.05, 4.69) is 87.6 Å². The van der Waals surface area contributed by atoms with Gasteiger partial charge in [0.05, 0.1) is 5.69 Å². The third kappa shape index (κ3) is 8.19. The Kier molecular flexibility index (Phi) is 9.63. The first-order valence-corrected chi connectivity index (χ1v) is 14.2. The number of aryl methyl sites for hydroxylation is 2. The maximum atomic E-state index is 11.9. The van der Waals surface area contributed by atoms with Crippen molar-refractivity contribution in [2.75, 3.05) is 18.4 Å². The number of ether oxygens (including phenoxy) is 1. The highest BCUT2D eigenvalue weighted by Gasteiger charge is 2.09. The Labute approximate surface area is 241 Å². The predicted octanol–water partition coefficient (Wildman–Crippen LogP) is 7.06. The summed E-state index contributed by atoms with van der Waals surface area (Å²) in [4.78, 5) is 19.8. The molecule has 0 radical (unpaired) electrons. The monoisotopic (exact) mass is 547 g/mol. The number of anilines is 2. The Morgan fingerprint density at radius 1 is 0.878 bits per heavy atom. The molecule has 0 saturated heterocycles. The van der Waals surface area contributed by atoms with Crippen molar-refractivity contribution in [3.8, 4) is 0 Å². The maximum Gasteiger partial charge on any atom is 0.407 e. The van der Waals surface area contributed by atoms with Crippen molar-refractivity contribution in [2.45, 2.75) is 38.8 Å². The Morgan fingerprint density at radius 2 is 1.68 bits per heavy atom. The number of para-hydroxylation sites is 1. The van der Waals surface area contributed by atoms with Gasteiger partial charge in [0.15, 0.2) is 0 Å². The van der Waals surface area contributed by atoms with E-state index in [0.717, 1.165) is 41.9 Å². The normalized spacial score (nSPS) is 11.7. The first-order chi connectivity index (χ1) is 20.1. The predicted molar refractivity (Wildman–Crippen MR) is 165 cm³/mol. The molecule has 2 heterocycles. The average Bonchev–Trinajstić information content (AvgIpc) is 3.43. The van der Waals surface area contributed by atoms with Crippen LogP contribution in [0.1, 0.15) is 41.8 Å². The number of amides is 1. The molecule has 2 aromatic heterocycles. The molecule has 210 valence electrons. The number of nitrogens with zero attached hydrogens (tertiary/aromatic N) is 1. The fourth-order valence-electron chi connectivity index (χ4n) is 4.84. The number of fused-ring (bicyclic) bond motifs is 1. The highest BCUT2D eigenvalue weighted by Crippen LogP contribution is 2.22. The lowest BCUT2D eigenvalue weighted by molar-refractivity contribution is 0.139. The van der Waals surface area contributed by atoms with Gasteiger partial charge in [0.1, 0.15) is 6.61 Å². The van der Waals surface area contributed by atoms with E-state index in [4.69, 9.17) is 4.74 Å². The summed E-state index contributed by atoms with van der Waals surface area (Å²) < 4.78 is 5.25. The number of nitrogens with one attached hydrogen (secondary N) is 4. The number of alkyl carbamates (subject to hydrolysis) is 1. The summed E-state index contributed by atoms with van der Waals surface area (Å²) in [6.45, 7) is 3.38. The van der Waals surface area contributed by atoms with Gasteiger partial charge in [-0.05, 0) is 73.2 Å². The zero-order valence-corrected chi connectivity index (χ0v) is 23.4. The van der Waals surface area contributed by atoms with Crippen molar-refractivity contribution >= 4 is 28.4 Å². The lowest BCUT2D eigenvalue weighted by atomic mass is 10.0. The van der Waals surface area contributed by atoms with E-state index in [1.54, 1.807) is 0 Å². The van der Waals surface area contributed by atoms with E-state index < -0.39 is 6.09 Å². The van der Waals surface area contributed by atoms with Crippen LogP contribution in [0.5, 0.6) is 0 Å². The molecule has 7 heteroatoms. The van der Waals surface area contributed by atoms with Crippen LogP contribution < -0.4 is 16.0 Å². The van der Waals surface area contributed by atoms with Crippen LogP contribution in [0, 0.1) is 0 Å². The number of aromatic nitrogens is 2. The third-order valence-electron chi connectivity index (χ3n) is 7.11. The second kappa shape index (κ2) is 14.1. The number of carbonyl (C=O) groups excluding carboxylic acids is 1. The highest BCUT2D eigenvalue weighted by molar-refractivity contribution is 5.83. The van der Waals surface area contributed by atoms with Gasteiger partial charge in [-0.25, -0.2) is 4.79 Å². The lowest BCUT2D eigenvalue weighted by Crippen LogP contribution is -2.33. The molecular weight excluding hydrogens is 510 g/mol. The second-order valence-electron chi connectivity index (χ2n) is 10.2. The summed E-state index contributed by atoms with van der Waals surface area (Å²) in [6.07, 6.45) is 6.74. The zero-order valence-electron chi connectivity index (χ0n) is 23.4. The average molecular weight is 548 g/mol. The van der Waals surface area contributed by atoms with Gasteiger partial charge in [0.25, 0.3) is 0 Å². The van der Waals surface area contributed by atoms with Crippen LogP contribution in [-0.4, -0.2) is 29.2 Å². The standard InChI is InChI=1S/C34H37N5O2/c1-25(35-20-21-37-34(40)41-24-27-8-3-2-4-9-27)33-22-30(18-19-36-33)39-29-16-14-26(15-17-29)10-7-11-28-23-38-32-13-6-5-12-31(28)32/h2-6,8-9,12-19,22-23,25,35,38H,7,10-11,20-21,24H2,1H3,(H,36,39)(H,37,40). The van der Waals surface area contributed by atoms with E-state index in [1.807, 2.05) is 48.7 Å². The molecule has 0 saturated carbocycles. The minimum Gasteiger partial charge on any atom is -0.445 e. The number of hydrogen-bond donors (Lipinski definition) is 4. The first kappa shape index (κ1) is 27.9. The van der Waals surface area contributed by atoms with E-state index in [-0.39, 0.29) is 12.6 Å². The molecule has 0 spiro atoms. The van der Waals surface area contributed by atoms with Gasteiger partial charge in [0, 0.05) is 53.8 Å². The molecule has 3 aromatic carbocycles. The van der Waals surface area contributed by atoms with Crippen molar-refractivity contribution in [3.05, 3.63) is 126 Å². The molecule has 41 heavy (non-hydrogen) atoms. The summed E-state index contributed by atoms with van der Waals surface area (Å²) >= 11 is 0. The topological polar surface area (TPSA) is 91.1 Å². The van der Waals surface area contributed by atoms with Crippen LogP contribution in [0.2, 0.25) is 0 Å². The summed E-state index contributed by atoms with van der Waals surface area (Å²) in [5.41, 5.74) is 7.84. The summed E-state index contributed by atoms with van der Waals surface area (Å²) in [5.74, 6) is 0. The fraction of sp³-hybridized carbons (Fsp3) is 0.235. The van der Waals surface area contributed by atoms with Crippen LogP contribution in [0.25, 0.3) is 10.9 Å². The summed E-state index contributed by atoms with van der Waals surface area (Å²) in [5, 5.41) is 11.0. The Hall–Kier alpha value is -4.62. The molecular formula is C34H37N5O2. The fourth-order valence-corrected chi connectivity index (χ4v) is 4.84. The number of hydrogen-bond acceptors (Lipinski definition) is 5. The molecule has 0 bridgehead atoms. The van der Waals surface area contributed by atoms with Crippen molar-refractivity contribution in [2.24, 2.45) is 0 Å². The van der Waals surface area contributed by atoms with E-state index >= 15 is 0 Å². The van der Waals surface area contributed by atoms with Gasteiger partial charge in [-0.15, -0.1) is 0 Å². The minimum atomic E-state index is -0.423. The second-order valence-corrected chi connectivity index (χ2v) is 10.2. The lowest BCUT2D eigenvalue weighted by Gasteiger charge is -2.15. The molecule has 1 amide bonds. The summed E-state index contributed by atoms with van der Waals surface area (Å²) in [7, 11) is 0. The molecule has 0 aliphatic rings. The minimum absolute atomic E-state index is 0.0263. The van der Waals surface area contributed by atoms with E-state index in [0.29, 0.717) is 13.1 Å². The number of H-pyrrole nitrogens is 1. The number of benzene rings is 3. The highest BCUT2D eigenvalue weighted by atomic mass is 16.5. The van der Waals surface area contributed by atoms with Crippen LogP contribution >= 0.6 is 0 Å². The van der Waals surface area contributed by atoms with E-state index in [1.165, 1.54) is 22.0 Å². The van der Waals surface area contributed by atoms with Crippen LogP contribution in [0.15, 0.2) is 103 Å². The van der Waals surface area contributed by atoms with Gasteiger partial charge in [0.2, 0.25) is 0 Å². The number of pyridine rings is 1. The van der Waals surface area contributed by atoms with Crippen LogP contribution in [0.4, 0.5) is 16.2 Å². The zero-order chi connectivity index (χ0) is 28.3. The molecule has 0 fully saturated rings. The molecule has 5 aromatic rings. The molecule has 7 nitrogen and oxygen atoms in total. The SMILES string of the molecule is CC(NCCNC(=O)OCc1ccccc1)c1cc(Nc2ccc(CCCc3c[nH]c4ccccc34)cc2)ccn1. The Bertz CT molecular complexity index is 1530. The van der Waals surface area contributed by atoms with Crippen molar-refractivity contribution in [1.29, 1.82) is 0 Å². The van der Waals surface area contributed by atoms with Gasteiger partial charge >= 0.3 is 6.09 Å².